The number of rotatable bonds is 1. The van der Waals surface area contributed by atoms with Crippen LogP contribution in [0.15, 0.2) is 36.5 Å². The summed E-state index contributed by atoms with van der Waals surface area (Å²) in [5.41, 5.74) is 2.26. The van der Waals surface area contributed by atoms with Crippen LogP contribution >= 0.6 is 12.6 Å². The van der Waals surface area contributed by atoms with Gasteiger partial charge < -0.3 is 0 Å². The van der Waals surface area contributed by atoms with Crippen molar-refractivity contribution in [2.75, 3.05) is 0 Å². The standard InChI is InChI=1S/C10H9NS/c12-7-9-4-1-3-8-5-2-6-11-10(8)9/h1-6,12H,7H2. The van der Waals surface area contributed by atoms with Gasteiger partial charge in [-0.25, -0.2) is 0 Å². The lowest BCUT2D eigenvalue weighted by Gasteiger charge is -2.00. The van der Waals surface area contributed by atoms with Crippen molar-refractivity contribution < 1.29 is 0 Å². The van der Waals surface area contributed by atoms with Crippen molar-refractivity contribution in [1.82, 2.24) is 4.98 Å². The van der Waals surface area contributed by atoms with E-state index in [4.69, 9.17) is 0 Å². The average molecular weight is 175 g/mol. The third kappa shape index (κ3) is 1.18. The van der Waals surface area contributed by atoms with Gasteiger partial charge in [-0.15, -0.1) is 0 Å². The van der Waals surface area contributed by atoms with E-state index < -0.39 is 0 Å². The minimum absolute atomic E-state index is 0.744. The van der Waals surface area contributed by atoms with Crippen molar-refractivity contribution >= 4 is 23.5 Å². The van der Waals surface area contributed by atoms with Crippen LogP contribution < -0.4 is 0 Å². The summed E-state index contributed by atoms with van der Waals surface area (Å²) in [5, 5.41) is 1.18. The number of hydrogen-bond donors (Lipinski definition) is 1. The molecule has 0 radical (unpaired) electrons. The molecule has 2 aromatic rings. The van der Waals surface area contributed by atoms with E-state index in [0.29, 0.717) is 0 Å². The SMILES string of the molecule is SCc1cccc2cccnc12. The van der Waals surface area contributed by atoms with Crippen LogP contribution in [-0.2, 0) is 5.75 Å². The zero-order chi connectivity index (χ0) is 8.39. The molecule has 1 aromatic carbocycles. The lowest BCUT2D eigenvalue weighted by atomic mass is 10.1. The molecule has 2 rings (SSSR count). The monoisotopic (exact) mass is 175 g/mol. The van der Waals surface area contributed by atoms with Crippen molar-refractivity contribution in [2.45, 2.75) is 5.75 Å². The fourth-order valence-electron chi connectivity index (χ4n) is 1.29. The smallest absolute Gasteiger partial charge is 0.0742 e. The first-order valence-corrected chi connectivity index (χ1v) is 4.48. The molecular weight excluding hydrogens is 166 g/mol. The largest absolute Gasteiger partial charge is 0.256 e. The second-order valence-corrected chi connectivity index (χ2v) is 2.97. The van der Waals surface area contributed by atoms with Crippen LogP contribution in [0.4, 0.5) is 0 Å². The predicted molar refractivity (Wildman–Crippen MR) is 54.4 cm³/mol. The molecule has 0 aliphatic rings. The Morgan fingerprint density at radius 2 is 2.00 bits per heavy atom. The zero-order valence-corrected chi connectivity index (χ0v) is 7.46. The predicted octanol–water partition coefficient (Wildman–Crippen LogP) is 2.66. The Morgan fingerprint density at radius 3 is 2.83 bits per heavy atom. The summed E-state index contributed by atoms with van der Waals surface area (Å²) in [5.74, 6) is 0.744. The molecule has 0 aliphatic heterocycles. The van der Waals surface area contributed by atoms with Gasteiger partial charge in [0, 0.05) is 17.3 Å². The number of fused-ring (bicyclic) bond motifs is 1. The Hall–Kier alpha value is -1.02. The van der Waals surface area contributed by atoms with Crippen LogP contribution in [0.1, 0.15) is 5.56 Å². The van der Waals surface area contributed by atoms with Crippen molar-refractivity contribution in [3.63, 3.8) is 0 Å². The second-order valence-electron chi connectivity index (χ2n) is 2.65. The van der Waals surface area contributed by atoms with Gasteiger partial charge in [-0.05, 0) is 11.6 Å². The second kappa shape index (κ2) is 3.15. The highest BCUT2D eigenvalue weighted by atomic mass is 32.1. The summed E-state index contributed by atoms with van der Waals surface area (Å²) < 4.78 is 0. The Balaban J connectivity index is 2.79. The third-order valence-corrected chi connectivity index (χ3v) is 2.23. The first kappa shape index (κ1) is 7.62. The molecule has 0 fully saturated rings. The van der Waals surface area contributed by atoms with Gasteiger partial charge in [-0.3, -0.25) is 4.98 Å². The molecule has 0 bridgehead atoms. The van der Waals surface area contributed by atoms with Crippen LogP contribution in [0.25, 0.3) is 10.9 Å². The minimum atomic E-state index is 0.744. The van der Waals surface area contributed by atoms with Gasteiger partial charge in [-0.2, -0.15) is 12.6 Å². The summed E-state index contributed by atoms with van der Waals surface area (Å²) in [6, 6.07) is 10.2. The normalized spacial score (nSPS) is 10.4. The molecule has 0 N–H and O–H groups in total. The Kier molecular flexibility index (Phi) is 2.00. The molecule has 1 heterocycles. The molecule has 0 aliphatic carbocycles. The summed E-state index contributed by atoms with van der Waals surface area (Å²) in [7, 11) is 0. The van der Waals surface area contributed by atoms with Gasteiger partial charge in [0.2, 0.25) is 0 Å². The van der Waals surface area contributed by atoms with Crippen LogP contribution in [-0.4, -0.2) is 4.98 Å². The van der Waals surface area contributed by atoms with E-state index in [9.17, 15) is 0 Å². The van der Waals surface area contributed by atoms with Gasteiger partial charge in [0.15, 0.2) is 0 Å². The summed E-state index contributed by atoms with van der Waals surface area (Å²) >= 11 is 4.25. The molecule has 0 saturated heterocycles. The maximum Gasteiger partial charge on any atom is 0.0742 e. The molecule has 60 valence electrons. The molecular formula is C10H9NS. The van der Waals surface area contributed by atoms with Gasteiger partial charge in [0.05, 0.1) is 5.52 Å². The number of nitrogens with zero attached hydrogens (tertiary/aromatic N) is 1. The number of pyridine rings is 1. The number of aromatic nitrogens is 1. The number of thiol groups is 1. The van der Waals surface area contributed by atoms with Crippen molar-refractivity contribution in [3.05, 3.63) is 42.1 Å². The summed E-state index contributed by atoms with van der Waals surface area (Å²) in [4.78, 5) is 4.30. The van der Waals surface area contributed by atoms with Crippen LogP contribution in [0.5, 0.6) is 0 Å². The quantitative estimate of drug-likeness (QED) is 0.657. The van der Waals surface area contributed by atoms with Gasteiger partial charge in [-0.1, -0.05) is 24.3 Å². The number of benzene rings is 1. The van der Waals surface area contributed by atoms with Crippen molar-refractivity contribution in [1.29, 1.82) is 0 Å². The molecule has 12 heavy (non-hydrogen) atoms. The van der Waals surface area contributed by atoms with Crippen LogP contribution in [0.2, 0.25) is 0 Å². The minimum Gasteiger partial charge on any atom is -0.256 e. The maximum atomic E-state index is 4.30. The fraction of sp³-hybridized carbons (Fsp3) is 0.100. The highest BCUT2D eigenvalue weighted by molar-refractivity contribution is 7.79. The highest BCUT2D eigenvalue weighted by Gasteiger charge is 1.97. The first-order valence-electron chi connectivity index (χ1n) is 3.85. The van der Waals surface area contributed by atoms with Gasteiger partial charge in [0.25, 0.3) is 0 Å². The van der Waals surface area contributed by atoms with E-state index in [0.717, 1.165) is 11.3 Å². The molecule has 0 saturated carbocycles. The number of hydrogen-bond acceptors (Lipinski definition) is 2. The third-order valence-electron chi connectivity index (χ3n) is 1.89. The summed E-state index contributed by atoms with van der Waals surface area (Å²) in [6.07, 6.45) is 1.81. The molecule has 1 nitrogen and oxygen atoms in total. The first-order chi connectivity index (χ1) is 5.92. The van der Waals surface area contributed by atoms with Crippen LogP contribution in [0, 0.1) is 0 Å². The Labute approximate surface area is 76.9 Å². The topological polar surface area (TPSA) is 12.9 Å². The van der Waals surface area contributed by atoms with Crippen LogP contribution in [0.3, 0.4) is 0 Å². The van der Waals surface area contributed by atoms with Crippen molar-refractivity contribution in [3.8, 4) is 0 Å². The average Bonchev–Trinajstić information content (AvgIpc) is 2.17. The highest BCUT2D eigenvalue weighted by Crippen LogP contribution is 2.16. The van der Waals surface area contributed by atoms with Gasteiger partial charge >= 0.3 is 0 Å². The molecule has 0 unspecified atom stereocenters. The van der Waals surface area contributed by atoms with E-state index >= 15 is 0 Å². The van der Waals surface area contributed by atoms with E-state index in [2.05, 4.69) is 35.8 Å². The molecule has 1 aromatic heterocycles. The molecule has 0 amide bonds. The lowest BCUT2D eigenvalue weighted by Crippen LogP contribution is -1.84. The molecule has 0 atom stereocenters. The zero-order valence-electron chi connectivity index (χ0n) is 6.57. The van der Waals surface area contributed by atoms with E-state index in [1.807, 2.05) is 18.3 Å². The van der Waals surface area contributed by atoms with E-state index in [1.54, 1.807) is 0 Å². The van der Waals surface area contributed by atoms with E-state index in [-0.39, 0.29) is 0 Å². The maximum absolute atomic E-state index is 4.30. The van der Waals surface area contributed by atoms with Crippen molar-refractivity contribution in [2.24, 2.45) is 0 Å². The number of para-hydroxylation sites is 1. The van der Waals surface area contributed by atoms with Gasteiger partial charge in [0.1, 0.15) is 0 Å². The fourth-order valence-corrected chi connectivity index (χ4v) is 1.55. The lowest BCUT2D eigenvalue weighted by molar-refractivity contribution is 1.35. The molecule has 0 spiro atoms. The Bertz CT molecular complexity index is 392. The molecule has 2 heteroatoms. The summed E-state index contributed by atoms with van der Waals surface area (Å²) in [6.45, 7) is 0. The van der Waals surface area contributed by atoms with E-state index in [1.165, 1.54) is 10.9 Å². The Morgan fingerprint density at radius 1 is 1.17 bits per heavy atom.